The van der Waals surface area contributed by atoms with E-state index in [-0.39, 0.29) is 38.5 Å². The summed E-state index contributed by atoms with van der Waals surface area (Å²) in [6.07, 6.45) is 14.0. The molecule has 0 aromatic heterocycles. The highest BCUT2D eigenvalue weighted by Crippen LogP contribution is 2.36. The zero-order chi connectivity index (χ0) is 36.1. The van der Waals surface area contributed by atoms with Crippen LogP contribution in [0, 0.1) is 16.2 Å². The van der Waals surface area contributed by atoms with Crippen molar-refractivity contribution in [1.82, 2.24) is 0 Å². The van der Waals surface area contributed by atoms with Gasteiger partial charge in [0.1, 0.15) is 0 Å². The number of aliphatic carboxylic acids is 6. The van der Waals surface area contributed by atoms with Gasteiger partial charge in [0.05, 0.1) is 0 Å². The molecule has 0 aromatic rings. The van der Waals surface area contributed by atoms with Gasteiger partial charge in [0.25, 0.3) is 0 Å². The molecule has 1 saturated carbocycles. The first-order chi connectivity index (χ1) is 22.8. The highest BCUT2D eigenvalue weighted by atomic mass is 16.4. The number of hydrogen-bond donors (Lipinski definition) is 6. The van der Waals surface area contributed by atoms with Gasteiger partial charge in [0.2, 0.25) is 0 Å². The smallest absolute Gasteiger partial charge is 0.321 e. The summed E-state index contributed by atoms with van der Waals surface area (Å²) in [5.74, 6) is -7.99. The van der Waals surface area contributed by atoms with Crippen molar-refractivity contribution in [3.8, 4) is 0 Å². The van der Waals surface area contributed by atoms with Crippen molar-refractivity contribution in [2.24, 2.45) is 16.2 Å². The summed E-state index contributed by atoms with van der Waals surface area (Å²) in [4.78, 5) is 72.6. The summed E-state index contributed by atoms with van der Waals surface area (Å²) in [5, 5.41) is 59.2. The minimum absolute atomic E-state index is 0.0340. The second-order valence-corrected chi connectivity index (χ2v) is 14.0. The van der Waals surface area contributed by atoms with Crippen molar-refractivity contribution in [3.05, 3.63) is 0 Å². The summed E-state index contributed by atoms with van der Waals surface area (Å²) >= 11 is 0. The monoisotopic (exact) mass is 684 g/mol. The van der Waals surface area contributed by atoms with E-state index in [4.69, 9.17) is 0 Å². The largest absolute Gasteiger partial charge is 0.480 e. The number of rotatable bonds is 6. The zero-order valence-electron chi connectivity index (χ0n) is 28.7. The average molecular weight is 685 g/mol. The van der Waals surface area contributed by atoms with Gasteiger partial charge in [-0.3, -0.25) is 28.8 Å². The van der Waals surface area contributed by atoms with Crippen LogP contribution in [0.3, 0.4) is 0 Å². The van der Waals surface area contributed by atoms with Gasteiger partial charge < -0.3 is 30.6 Å². The fraction of sp³-hybridized carbons (Fsp3) is 0.833. The Bertz CT molecular complexity index is 830. The lowest BCUT2D eigenvalue weighted by molar-refractivity contribution is -0.168. The van der Waals surface area contributed by atoms with E-state index in [1.165, 1.54) is 0 Å². The lowest BCUT2D eigenvalue weighted by Gasteiger charge is -2.25. The summed E-state index contributed by atoms with van der Waals surface area (Å²) in [6.45, 7) is 0. The predicted molar refractivity (Wildman–Crippen MR) is 178 cm³/mol. The molecule has 1 aliphatic rings. The molecule has 1 rings (SSSR count). The topological polar surface area (TPSA) is 224 Å². The normalized spacial score (nSPS) is 22.2. The molecule has 0 heterocycles. The molecule has 1 fully saturated rings. The highest BCUT2D eigenvalue weighted by Gasteiger charge is 2.47. The number of carbonyl (C=O) groups is 6. The van der Waals surface area contributed by atoms with Crippen LogP contribution in [-0.4, -0.2) is 66.5 Å². The highest BCUT2D eigenvalue weighted by molar-refractivity contribution is 5.99. The fourth-order valence-corrected chi connectivity index (χ4v) is 7.14. The standard InChI is InChI=1S/C36H60O12/c37-28(38)34(29(39)40)22-16-10-4-1-5-11-17-23-35(30(41)42,31(43)44)25-19-13-7-3-9-15-21-27-36(32(45)46,33(47)48)26-20-14-8-2-6-12-18-24-34/h1-27H2,(H,37,38)(H,39,40)(H,41,42)(H,43,44)(H,45,46)(H,47,48). The predicted octanol–water partition coefficient (Wildman–Crippen LogP) is 8.00. The molecule has 0 aromatic carbocycles. The molecule has 276 valence electrons. The van der Waals surface area contributed by atoms with E-state index in [1.807, 2.05) is 0 Å². The van der Waals surface area contributed by atoms with Gasteiger partial charge in [-0.05, 0) is 38.5 Å². The van der Waals surface area contributed by atoms with E-state index in [2.05, 4.69) is 0 Å². The fourth-order valence-electron chi connectivity index (χ4n) is 7.14. The Kier molecular flexibility index (Phi) is 20.0. The van der Waals surface area contributed by atoms with Crippen LogP contribution in [0.5, 0.6) is 0 Å². The molecule has 6 N–H and O–H groups in total. The molecule has 0 bridgehead atoms. The molecule has 48 heavy (non-hydrogen) atoms. The first kappa shape index (κ1) is 42.8. The Morgan fingerprint density at radius 3 is 0.438 bits per heavy atom. The molecule has 0 spiro atoms. The van der Waals surface area contributed by atoms with E-state index >= 15 is 0 Å². The van der Waals surface area contributed by atoms with Gasteiger partial charge in [-0.15, -0.1) is 0 Å². The Labute approximate surface area is 284 Å². The summed E-state index contributed by atoms with van der Waals surface area (Å²) in [7, 11) is 0. The van der Waals surface area contributed by atoms with E-state index < -0.39 is 52.1 Å². The lowest BCUT2D eigenvalue weighted by Crippen LogP contribution is -2.39. The Morgan fingerprint density at radius 1 is 0.229 bits per heavy atom. The first-order valence-corrected chi connectivity index (χ1v) is 18.2. The maximum Gasteiger partial charge on any atom is 0.321 e. The van der Waals surface area contributed by atoms with Crippen LogP contribution in [0.25, 0.3) is 0 Å². The Morgan fingerprint density at radius 2 is 0.333 bits per heavy atom. The molecule has 0 aliphatic heterocycles. The second kappa shape index (κ2) is 22.5. The van der Waals surface area contributed by atoms with E-state index in [9.17, 15) is 59.4 Å². The number of carboxylic acid groups (broad SMARTS) is 6. The van der Waals surface area contributed by atoms with Crippen molar-refractivity contribution < 1.29 is 59.4 Å². The summed E-state index contributed by atoms with van der Waals surface area (Å²) in [6, 6.07) is 0. The SMILES string of the molecule is O=C(O)C1(C(=O)O)CCCCCCCCCC(C(=O)O)(C(=O)O)CCCCCCCCCC(C(=O)O)(C(=O)O)CCCCCCCCC1. The molecule has 12 heteroatoms. The number of hydrogen-bond acceptors (Lipinski definition) is 6. The minimum Gasteiger partial charge on any atom is -0.480 e. The van der Waals surface area contributed by atoms with Crippen LogP contribution in [0.2, 0.25) is 0 Å². The maximum atomic E-state index is 12.1. The third-order valence-corrected chi connectivity index (χ3v) is 10.6. The molecule has 0 unspecified atom stereocenters. The van der Waals surface area contributed by atoms with Gasteiger partial charge >= 0.3 is 35.8 Å². The van der Waals surface area contributed by atoms with Gasteiger partial charge in [-0.25, -0.2) is 0 Å². The van der Waals surface area contributed by atoms with Crippen molar-refractivity contribution in [2.45, 2.75) is 173 Å². The van der Waals surface area contributed by atoms with Crippen LogP contribution in [0.15, 0.2) is 0 Å². The molecule has 1 aliphatic carbocycles. The second-order valence-electron chi connectivity index (χ2n) is 14.0. The van der Waals surface area contributed by atoms with E-state index in [0.29, 0.717) is 77.0 Å². The van der Waals surface area contributed by atoms with E-state index in [0.717, 1.165) is 57.8 Å². The first-order valence-electron chi connectivity index (χ1n) is 18.2. The molecule has 0 radical (unpaired) electrons. The molecule has 0 saturated heterocycles. The van der Waals surface area contributed by atoms with Crippen molar-refractivity contribution >= 4 is 35.8 Å². The minimum atomic E-state index is -1.84. The van der Waals surface area contributed by atoms with Crippen LogP contribution in [-0.2, 0) is 28.8 Å². The van der Waals surface area contributed by atoms with Crippen molar-refractivity contribution in [2.75, 3.05) is 0 Å². The molecular weight excluding hydrogens is 624 g/mol. The van der Waals surface area contributed by atoms with Crippen LogP contribution in [0.1, 0.15) is 173 Å². The van der Waals surface area contributed by atoms with Crippen LogP contribution >= 0.6 is 0 Å². The van der Waals surface area contributed by atoms with Gasteiger partial charge in [-0.1, -0.05) is 135 Å². The quantitative estimate of drug-likeness (QED) is 0.146. The average Bonchev–Trinajstić information content (AvgIpc) is 3.01. The van der Waals surface area contributed by atoms with Gasteiger partial charge in [-0.2, -0.15) is 0 Å². The summed E-state index contributed by atoms with van der Waals surface area (Å²) < 4.78 is 0. The van der Waals surface area contributed by atoms with Crippen molar-refractivity contribution in [3.63, 3.8) is 0 Å². The Balaban J connectivity index is 2.90. The molecule has 12 nitrogen and oxygen atoms in total. The van der Waals surface area contributed by atoms with Crippen molar-refractivity contribution in [1.29, 1.82) is 0 Å². The molecule has 0 amide bonds. The van der Waals surface area contributed by atoms with Crippen LogP contribution < -0.4 is 0 Å². The van der Waals surface area contributed by atoms with Gasteiger partial charge in [0.15, 0.2) is 16.2 Å². The lowest BCUT2D eigenvalue weighted by atomic mass is 9.77. The Hall–Kier alpha value is -3.18. The number of carboxylic acids is 6. The van der Waals surface area contributed by atoms with Crippen LogP contribution in [0.4, 0.5) is 0 Å². The zero-order valence-corrected chi connectivity index (χ0v) is 28.7. The molecular formula is C36H60O12. The third-order valence-electron chi connectivity index (χ3n) is 10.6. The molecule has 0 atom stereocenters. The van der Waals surface area contributed by atoms with Gasteiger partial charge in [0, 0.05) is 0 Å². The summed E-state index contributed by atoms with van der Waals surface area (Å²) in [5.41, 5.74) is -5.52. The third kappa shape index (κ3) is 13.4. The maximum absolute atomic E-state index is 12.1. The van der Waals surface area contributed by atoms with E-state index in [1.54, 1.807) is 0 Å².